The SMILES string of the molecule is CCC(CC)Nc1c(C(=O)C2CC2)cnc2ccc(-c3cc(Cl)c(O)c(OC)c3)cc12. The number of Topliss-reactive ketones (excluding diaryl/α,β-unsaturated/α-hetero) is 1. The van der Waals surface area contributed by atoms with E-state index in [9.17, 15) is 9.90 Å². The van der Waals surface area contributed by atoms with Gasteiger partial charge in [-0.25, -0.2) is 0 Å². The molecule has 2 aromatic carbocycles. The van der Waals surface area contributed by atoms with Crippen molar-refractivity contribution in [2.75, 3.05) is 12.4 Å². The van der Waals surface area contributed by atoms with Crippen LogP contribution in [0.3, 0.4) is 0 Å². The van der Waals surface area contributed by atoms with E-state index in [-0.39, 0.29) is 28.5 Å². The molecule has 3 aromatic rings. The van der Waals surface area contributed by atoms with Gasteiger partial charge in [-0.2, -0.15) is 0 Å². The summed E-state index contributed by atoms with van der Waals surface area (Å²) >= 11 is 6.21. The molecule has 1 saturated carbocycles. The zero-order chi connectivity index (χ0) is 22.1. The monoisotopic (exact) mass is 438 g/mol. The first kappa shape index (κ1) is 21.4. The molecule has 5 nitrogen and oxygen atoms in total. The molecule has 1 aromatic heterocycles. The number of fused-ring (bicyclic) bond motifs is 1. The number of hydrogen-bond acceptors (Lipinski definition) is 5. The molecule has 0 spiro atoms. The van der Waals surface area contributed by atoms with E-state index >= 15 is 0 Å². The summed E-state index contributed by atoms with van der Waals surface area (Å²) in [6.07, 6.45) is 5.54. The van der Waals surface area contributed by atoms with Gasteiger partial charge in [-0.1, -0.05) is 31.5 Å². The number of aromatic nitrogens is 1. The Morgan fingerprint density at radius 2 is 1.97 bits per heavy atom. The summed E-state index contributed by atoms with van der Waals surface area (Å²) in [6.45, 7) is 4.28. The molecule has 0 saturated heterocycles. The number of rotatable bonds is 8. The van der Waals surface area contributed by atoms with Gasteiger partial charge in [0.25, 0.3) is 0 Å². The van der Waals surface area contributed by atoms with E-state index in [4.69, 9.17) is 16.3 Å². The second-order valence-corrected chi connectivity index (χ2v) is 8.49. The maximum atomic E-state index is 13.0. The average molecular weight is 439 g/mol. The maximum Gasteiger partial charge on any atom is 0.176 e. The van der Waals surface area contributed by atoms with Gasteiger partial charge in [-0.3, -0.25) is 9.78 Å². The third-order valence-electron chi connectivity index (χ3n) is 6.00. The van der Waals surface area contributed by atoms with E-state index in [1.54, 1.807) is 18.3 Å². The highest BCUT2D eigenvalue weighted by molar-refractivity contribution is 6.32. The van der Waals surface area contributed by atoms with Crippen LogP contribution in [-0.4, -0.2) is 29.0 Å². The molecular weight excluding hydrogens is 412 g/mol. The Bertz CT molecular complexity index is 1140. The fraction of sp³-hybridized carbons (Fsp3) is 0.360. The molecule has 31 heavy (non-hydrogen) atoms. The van der Waals surface area contributed by atoms with Crippen molar-refractivity contribution in [2.45, 2.75) is 45.6 Å². The number of carbonyl (C=O) groups is 1. The Morgan fingerprint density at radius 3 is 2.61 bits per heavy atom. The van der Waals surface area contributed by atoms with Crippen LogP contribution >= 0.6 is 11.6 Å². The lowest BCUT2D eigenvalue weighted by Gasteiger charge is -2.21. The summed E-state index contributed by atoms with van der Waals surface area (Å²) in [5.74, 6) is 0.519. The number of anilines is 1. The molecular formula is C25H27ClN2O3. The molecule has 0 bridgehead atoms. The number of methoxy groups -OCH3 is 1. The van der Waals surface area contributed by atoms with E-state index in [1.807, 2.05) is 18.2 Å². The first-order valence-corrected chi connectivity index (χ1v) is 11.1. The van der Waals surface area contributed by atoms with E-state index < -0.39 is 0 Å². The lowest BCUT2D eigenvalue weighted by molar-refractivity contribution is 0.0968. The van der Waals surface area contributed by atoms with Crippen LogP contribution in [-0.2, 0) is 0 Å². The number of phenols is 1. The molecule has 0 unspecified atom stereocenters. The van der Waals surface area contributed by atoms with Gasteiger partial charge in [0, 0.05) is 23.5 Å². The number of carbonyl (C=O) groups excluding carboxylic acids is 1. The number of pyridine rings is 1. The van der Waals surface area contributed by atoms with Crippen LogP contribution in [0.4, 0.5) is 5.69 Å². The molecule has 0 radical (unpaired) electrons. The number of aromatic hydroxyl groups is 1. The summed E-state index contributed by atoms with van der Waals surface area (Å²) in [5, 5.41) is 14.8. The van der Waals surface area contributed by atoms with Crippen LogP contribution in [0.2, 0.25) is 5.02 Å². The molecule has 1 fully saturated rings. The van der Waals surface area contributed by atoms with Gasteiger partial charge in [-0.05, 0) is 61.1 Å². The summed E-state index contributed by atoms with van der Waals surface area (Å²) in [5.41, 5.74) is 4.06. The molecule has 0 aliphatic heterocycles. The highest BCUT2D eigenvalue weighted by Crippen LogP contribution is 2.41. The quantitative estimate of drug-likeness (QED) is 0.395. The number of hydrogen-bond donors (Lipinski definition) is 2. The topological polar surface area (TPSA) is 71.5 Å². The lowest BCUT2D eigenvalue weighted by Crippen LogP contribution is -2.20. The normalized spacial score (nSPS) is 13.6. The van der Waals surface area contributed by atoms with Crippen molar-refractivity contribution in [2.24, 2.45) is 5.92 Å². The fourth-order valence-corrected chi connectivity index (χ4v) is 4.08. The van der Waals surface area contributed by atoms with E-state index in [0.717, 1.165) is 53.4 Å². The predicted molar refractivity (Wildman–Crippen MR) is 125 cm³/mol. The molecule has 1 aliphatic carbocycles. The van der Waals surface area contributed by atoms with Gasteiger partial charge >= 0.3 is 0 Å². The standard InChI is InChI=1S/C25H27ClN2O3/c1-4-17(5-2)28-23-18-10-15(16-11-20(26)25(30)22(12-16)31-3)8-9-21(18)27-13-19(23)24(29)14-6-7-14/h8-14,17,30H,4-7H2,1-3H3,(H,27,28). The van der Waals surface area contributed by atoms with Crippen molar-refractivity contribution >= 4 is 34.0 Å². The van der Waals surface area contributed by atoms with Crippen LogP contribution in [0, 0.1) is 5.92 Å². The van der Waals surface area contributed by atoms with Gasteiger partial charge in [0.05, 0.1) is 28.9 Å². The summed E-state index contributed by atoms with van der Waals surface area (Å²) < 4.78 is 5.26. The fourth-order valence-electron chi connectivity index (χ4n) is 3.87. The third-order valence-corrected chi connectivity index (χ3v) is 6.29. The van der Waals surface area contributed by atoms with E-state index in [2.05, 4.69) is 24.1 Å². The Morgan fingerprint density at radius 1 is 1.23 bits per heavy atom. The largest absolute Gasteiger partial charge is 0.503 e. The summed E-state index contributed by atoms with van der Waals surface area (Å²) in [6, 6.07) is 9.66. The average Bonchev–Trinajstić information content (AvgIpc) is 3.63. The molecule has 2 N–H and O–H groups in total. The number of phenolic OH excluding ortho intramolecular Hbond substituents is 1. The van der Waals surface area contributed by atoms with Crippen molar-refractivity contribution in [3.8, 4) is 22.6 Å². The van der Waals surface area contributed by atoms with E-state index in [0.29, 0.717) is 11.3 Å². The number of nitrogens with one attached hydrogen (secondary N) is 1. The van der Waals surface area contributed by atoms with Gasteiger partial charge in [0.2, 0.25) is 0 Å². The number of nitrogens with zero attached hydrogens (tertiary/aromatic N) is 1. The van der Waals surface area contributed by atoms with Crippen molar-refractivity contribution in [1.82, 2.24) is 4.98 Å². The van der Waals surface area contributed by atoms with Crippen molar-refractivity contribution in [1.29, 1.82) is 0 Å². The van der Waals surface area contributed by atoms with Crippen molar-refractivity contribution in [3.05, 3.63) is 47.1 Å². The van der Waals surface area contributed by atoms with Crippen LogP contribution in [0.5, 0.6) is 11.5 Å². The van der Waals surface area contributed by atoms with E-state index in [1.165, 1.54) is 7.11 Å². The van der Waals surface area contributed by atoms with Gasteiger partial charge in [0.1, 0.15) is 0 Å². The Hall–Kier alpha value is -2.79. The minimum absolute atomic E-state index is 0.0798. The third kappa shape index (κ3) is 4.19. The van der Waals surface area contributed by atoms with Crippen molar-refractivity contribution in [3.63, 3.8) is 0 Å². The zero-order valence-electron chi connectivity index (χ0n) is 18.0. The second kappa shape index (κ2) is 8.75. The zero-order valence-corrected chi connectivity index (χ0v) is 18.8. The van der Waals surface area contributed by atoms with Gasteiger partial charge in [0.15, 0.2) is 17.3 Å². The summed E-state index contributed by atoms with van der Waals surface area (Å²) in [7, 11) is 1.49. The molecule has 6 heteroatoms. The summed E-state index contributed by atoms with van der Waals surface area (Å²) in [4.78, 5) is 17.6. The minimum atomic E-state index is -0.0798. The Kier molecular flexibility index (Phi) is 6.05. The first-order chi connectivity index (χ1) is 15.0. The minimum Gasteiger partial charge on any atom is -0.503 e. The highest BCUT2D eigenvalue weighted by Gasteiger charge is 2.32. The second-order valence-electron chi connectivity index (χ2n) is 8.08. The van der Waals surface area contributed by atoms with Crippen LogP contribution in [0.15, 0.2) is 36.5 Å². The number of benzene rings is 2. The lowest BCUT2D eigenvalue weighted by atomic mass is 9.98. The number of halogens is 1. The van der Waals surface area contributed by atoms with Gasteiger partial charge in [-0.15, -0.1) is 0 Å². The van der Waals surface area contributed by atoms with Gasteiger partial charge < -0.3 is 15.2 Å². The molecule has 162 valence electrons. The van der Waals surface area contributed by atoms with Crippen LogP contribution in [0.1, 0.15) is 49.9 Å². The maximum absolute atomic E-state index is 13.0. The molecule has 0 amide bonds. The highest BCUT2D eigenvalue weighted by atomic mass is 35.5. The Labute approximate surface area is 187 Å². The predicted octanol–water partition coefficient (Wildman–Crippen LogP) is 6.46. The van der Waals surface area contributed by atoms with Crippen LogP contribution in [0.25, 0.3) is 22.0 Å². The van der Waals surface area contributed by atoms with Crippen molar-refractivity contribution < 1.29 is 14.6 Å². The molecule has 1 aliphatic rings. The number of ketones is 1. The van der Waals surface area contributed by atoms with Crippen LogP contribution < -0.4 is 10.1 Å². The molecule has 0 atom stereocenters. The molecule has 1 heterocycles. The smallest absolute Gasteiger partial charge is 0.176 e. The Balaban J connectivity index is 1.89. The first-order valence-electron chi connectivity index (χ1n) is 10.8. The number of ether oxygens (including phenoxy) is 1. The molecule has 4 rings (SSSR count).